The van der Waals surface area contributed by atoms with Gasteiger partial charge in [0.2, 0.25) is 5.91 Å². The van der Waals surface area contributed by atoms with E-state index in [2.05, 4.69) is 5.32 Å². The summed E-state index contributed by atoms with van der Waals surface area (Å²) in [5.41, 5.74) is 4.55. The largest absolute Gasteiger partial charge is 0.497 e. The molecule has 0 unspecified atom stereocenters. The molecule has 4 aromatic rings. The maximum Gasteiger partial charge on any atom is 0.259 e. The Labute approximate surface area is 214 Å². The van der Waals surface area contributed by atoms with E-state index in [1.54, 1.807) is 38.5 Å². The molecule has 7 nitrogen and oxygen atoms in total. The molecular weight excluding hydrogens is 474 g/mol. The second-order valence-corrected chi connectivity index (χ2v) is 9.12. The summed E-state index contributed by atoms with van der Waals surface area (Å²) in [6.07, 6.45) is 0. The monoisotopic (exact) mass is 501 g/mol. The summed E-state index contributed by atoms with van der Waals surface area (Å²) in [6.45, 7) is 3.96. The van der Waals surface area contributed by atoms with Crippen LogP contribution in [0.5, 0.6) is 11.5 Å². The van der Waals surface area contributed by atoms with Gasteiger partial charge in [-0.2, -0.15) is 0 Å². The molecule has 1 N–H and O–H groups in total. The highest BCUT2D eigenvalue weighted by Gasteiger charge is 2.15. The number of ether oxygens (including phenoxy) is 2. The molecule has 1 heterocycles. The molecule has 0 fully saturated rings. The van der Waals surface area contributed by atoms with Gasteiger partial charge < -0.3 is 14.8 Å². The number of carbonyl (C=O) groups excluding carboxylic acids is 1. The van der Waals surface area contributed by atoms with Crippen LogP contribution in [0.15, 0.2) is 82.7 Å². The van der Waals surface area contributed by atoms with Gasteiger partial charge in [0.15, 0.2) is 5.16 Å². The van der Waals surface area contributed by atoms with Gasteiger partial charge in [-0.1, -0.05) is 29.5 Å². The number of nitrogens with zero attached hydrogens (tertiary/aromatic N) is 2. The third kappa shape index (κ3) is 5.78. The number of nitrogens with one attached hydrogen (secondary N) is 1. The van der Waals surface area contributed by atoms with Crippen LogP contribution in [-0.2, 0) is 4.79 Å². The van der Waals surface area contributed by atoms with Gasteiger partial charge in [0.05, 0.1) is 31.4 Å². The van der Waals surface area contributed by atoms with E-state index in [-0.39, 0.29) is 17.2 Å². The average molecular weight is 502 g/mol. The smallest absolute Gasteiger partial charge is 0.259 e. The van der Waals surface area contributed by atoms with Crippen LogP contribution < -0.4 is 20.3 Å². The Kier molecular flexibility index (Phi) is 7.75. The molecule has 36 heavy (non-hydrogen) atoms. The highest BCUT2D eigenvalue weighted by molar-refractivity contribution is 7.99. The van der Waals surface area contributed by atoms with Crippen LogP contribution in [-0.4, -0.2) is 35.4 Å². The zero-order valence-corrected chi connectivity index (χ0v) is 21.4. The van der Waals surface area contributed by atoms with Gasteiger partial charge in [0.25, 0.3) is 5.56 Å². The number of rotatable bonds is 8. The molecule has 3 aromatic carbocycles. The van der Waals surface area contributed by atoms with Crippen molar-refractivity contribution in [3.8, 4) is 28.4 Å². The molecule has 4 rings (SSSR count). The van der Waals surface area contributed by atoms with E-state index < -0.39 is 0 Å². The topological polar surface area (TPSA) is 82.5 Å². The fourth-order valence-electron chi connectivity index (χ4n) is 3.71. The minimum atomic E-state index is -0.252. The lowest BCUT2D eigenvalue weighted by molar-refractivity contribution is -0.113. The van der Waals surface area contributed by atoms with Crippen molar-refractivity contribution < 1.29 is 14.3 Å². The molecule has 0 aliphatic rings. The van der Waals surface area contributed by atoms with Gasteiger partial charge in [-0.15, -0.1) is 0 Å². The lowest BCUT2D eigenvalue weighted by Gasteiger charge is -2.14. The van der Waals surface area contributed by atoms with Crippen molar-refractivity contribution in [3.05, 3.63) is 94.3 Å². The first-order valence-corrected chi connectivity index (χ1v) is 12.3. The van der Waals surface area contributed by atoms with Crippen LogP contribution in [0.25, 0.3) is 16.9 Å². The van der Waals surface area contributed by atoms with Gasteiger partial charge >= 0.3 is 0 Å². The maximum absolute atomic E-state index is 13.3. The van der Waals surface area contributed by atoms with Gasteiger partial charge in [-0.25, -0.2) is 4.98 Å². The predicted molar refractivity (Wildman–Crippen MR) is 144 cm³/mol. The fraction of sp³-hybridized carbons (Fsp3) is 0.179. The summed E-state index contributed by atoms with van der Waals surface area (Å²) in [5.74, 6) is 1.29. The Balaban J connectivity index is 1.66. The number of aromatic nitrogens is 2. The standard InChI is InChI=1S/C28H27N3O4S/c1-18-5-14-24(19(2)15-18)29-26(32)17-36-28-30-25(20-6-10-22(34-3)11-7-20)16-27(33)31(28)21-8-12-23(35-4)13-9-21/h5-16H,17H2,1-4H3,(H,29,32). The van der Waals surface area contributed by atoms with Crippen molar-refractivity contribution in [2.75, 3.05) is 25.3 Å². The maximum atomic E-state index is 13.3. The number of hydrogen-bond donors (Lipinski definition) is 1. The van der Waals surface area contributed by atoms with Crippen molar-refractivity contribution in [3.63, 3.8) is 0 Å². The summed E-state index contributed by atoms with van der Waals surface area (Å²) in [4.78, 5) is 30.8. The van der Waals surface area contributed by atoms with Crippen molar-refractivity contribution in [1.29, 1.82) is 0 Å². The van der Waals surface area contributed by atoms with Gasteiger partial charge in [-0.3, -0.25) is 14.2 Å². The normalized spacial score (nSPS) is 10.7. The molecule has 1 amide bonds. The summed E-state index contributed by atoms with van der Waals surface area (Å²) in [5, 5.41) is 3.36. The van der Waals surface area contributed by atoms with Crippen LogP contribution in [0.4, 0.5) is 5.69 Å². The fourth-order valence-corrected chi connectivity index (χ4v) is 4.53. The van der Waals surface area contributed by atoms with E-state index in [1.165, 1.54) is 22.4 Å². The molecule has 184 valence electrons. The van der Waals surface area contributed by atoms with Gasteiger partial charge in [0, 0.05) is 17.3 Å². The number of methoxy groups -OCH3 is 2. The highest BCUT2D eigenvalue weighted by atomic mass is 32.2. The van der Waals surface area contributed by atoms with Crippen LogP contribution >= 0.6 is 11.8 Å². The molecule has 0 saturated heterocycles. The highest BCUT2D eigenvalue weighted by Crippen LogP contribution is 2.26. The molecule has 0 saturated carbocycles. The number of thioether (sulfide) groups is 1. The SMILES string of the molecule is COc1ccc(-c2cc(=O)n(-c3ccc(OC)cc3)c(SCC(=O)Nc3ccc(C)cc3C)n2)cc1. The summed E-state index contributed by atoms with van der Waals surface area (Å²) in [6, 6.07) is 21.8. The third-order valence-corrected chi connectivity index (χ3v) is 6.53. The van der Waals surface area contributed by atoms with Crippen molar-refractivity contribution >= 4 is 23.4 Å². The van der Waals surface area contributed by atoms with Gasteiger partial charge in [0.1, 0.15) is 11.5 Å². The first-order chi connectivity index (χ1) is 17.4. The molecule has 0 bridgehead atoms. The Morgan fingerprint density at radius 2 is 1.56 bits per heavy atom. The van der Waals surface area contributed by atoms with Crippen molar-refractivity contribution in [2.24, 2.45) is 0 Å². The van der Waals surface area contributed by atoms with E-state index in [9.17, 15) is 9.59 Å². The number of amides is 1. The molecule has 0 aliphatic carbocycles. The first kappa shape index (κ1) is 25.1. The molecular formula is C28H27N3O4S. The quantitative estimate of drug-likeness (QED) is 0.262. The molecule has 0 atom stereocenters. The van der Waals surface area contributed by atoms with E-state index >= 15 is 0 Å². The second kappa shape index (κ2) is 11.1. The Morgan fingerprint density at radius 3 is 2.17 bits per heavy atom. The molecule has 1 aromatic heterocycles. The second-order valence-electron chi connectivity index (χ2n) is 8.18. The predicted octanol–water partition coefficient (Wildman–Crippen LogP) is 5.26. The lowest BCUT2D eigenvalue weighted by Crippen LogP contribution is -2.22. The third-order valence-electron chi connectivity index (χ3n) is 5.59. The molecule has 0 spiro atoms. The summed E-state index contributed by atoms with van der Waals surface area (Å²) >= 11 is 1.20. The number of hydrogen-bond acceptors (Lipinski definition) is 6. The number of aryl methyl sites for hydroxylation is 2. The minimum absolute atomic E-state index is 0.0853. The van der Waals surface area contributed by atoms with Crippen molar-refractivity contribution in [1.82, 2.24) is 9.55 Å². The van der Waals surface area contributed by atoms with E-state index in [4.69, 9.17) is 14.5 Å². The Morgan fingerprint density at radius 1 is 0.917 bits per heavy atom. The zero-order valence-electron chi connectivity index (χ0n) is 20.6. The zero-order chi connectivity index (χ0) is 25.7. The van der Waals surface area contributed by atoms with Crippen LogP contribution in [0.2, 0.25) is 0 Å². The Hall–Kier alpha value is -4.04. The summed E-state index contributed by atoms with van der Waals surface area (Å²) in [7, 11) is 3.18. The van der Waals surface area contributed by atoms with Crippen molar-refractivity contribution in [2.45, 2.75) is 19.0 Å². The molecule has 8 heteroatoms. The van der Waals surface area contributed by atoms with Gasteiger partial charge in [-0.05, 0) is 74.0 Å². The Bertz CT molecular complexity index is 1430. The number of anilines is 1. The van der Waals surface area contributed by atoms with Crippen LogP contribution in [0.3, 0.4) is 0 Å². The van der Waals surface area contributed by atoms with E-state index in [0.29, 0.717) is 28.0 Å². The number of benzene rings is 3. The van der Waals surface area contributed by atoms with Crippen LogP contribution in [0, 0.1) is 13.8 Å². The summed E-state index contributed by atoms with van der Waals surface area (Å²) < 4.78 is 12.0. The van der Waals surface area contributed by atoms with Crippen LogP contribution in [0.1, 0.15) is 11.1 Å². The average Bonchev–Trinajstić information content (AvgIpc) is 2.89. The molecule has 0 aliphatic heterocycles. The molecule has 0 radical (unpaired) electrons. The number of carbonyl (C=O) groups is 1. The first-order valence-electron chi connectivity index (χ1n) is 11.3. The van der Waals surface area contributed by atoms with E-state index in [1.807, 2.05) is 56.3 Å². The minimum Gasteiger partial charge on any atom is -0.497 e. The van der Waals surface area contributed by atoms with E-state index in [0.717, 1.165) is 22.4 Å². The lowest BCUT2D eigenvalue weighted by atomic mass is 10.1.